The summed E-state index contributed by atoms with van der Waals surface area (Å²) in [6.45, 7) is 6.46. The number of rotatable bonds is 8. The van der Waals surface area contributed by atoms with Gasteiger partial charge in [0.1, 0.15) is 6.61 Å². The van der Waals surface area contributed by atoms with Crippen LogP contribution in [0.5, 0.6) is 11.5 Å². The Kier molecular flexibility index (Phi) is 6.71. The minimum Gasteiger partial charge on any atom is -0.493 e. The Hall–Kier alpha value is -2.64. The maximum absolute atomic E-state index is 12.1. The highest BCUT2D eigenvalue weighted by Crippen LogP contribution is 2.47. The molecule has 0 spiro atoms. The summed E-state index contributed by atoms with van der Waals surface area (Å²) in [6.07, 6.45) is 0. The van der Waals surface area contributed by atoms with Gasteiger partial charge in [0.2, 0.25) is 0 Å². The topological polar surface area (TPSA) is 35.5 Å². The number of Topliss-reactive ketones (excluding diaryl/α,β-unsaturated/α-hetero) is 1. The Bertz CT molecular complexity index is 980. The van der Waals surface area contributed by atoms with E-state index >= 15 is 0 Å². The first kappa shape index (κ1) is 21.1. The Morgan fingerprint density at radius 2 is 1.62 bits per heavy atom. The summed E-state index contributed by atoms with van der Waals surface area (Å²) in [5.41, 5.74) is 2.96. The first-order valence-corrected chi connectivity index (χ1v) is 10.6. The molecule has 0 aliphatic rings. The molecule has 0 aromatic heterocycles. The molecule has 29 heavy (non-hydrogen) atoms. The highest BCUT2D eigenvalue weighted by Gasteiger charge is 2.28. The molecule has 0 heterocycles. The van der Waals surface area contributed by atoms with E-state index in [1.807, 2.05) is 66.7 Å². The van der Waals surface area contributed by atoms with E-state index in [4.69, 9.17) is 9.47 Å². The van der Waals surface area contributed by atoms with Gasteiger partial charge in [-0.25, -0.2) is 0 Å². The zero-order valence-corrected chi connectivity index (χ0v) is 18.4. The summed E-state index contributed by atoms with van der Waals surface area (Å²) >= 11 is 0. The largest absolute Gasteiger partial charge is 0.493 e. The molecule has 0 saturated heterocycles. The van der Waals surface area contributed by atoms with E-state index in [9.17, 15) is 4.79 Å². The minimum atomic E-state index is -0.230. The average Bonchev–Trinajstić information content (AvgIpc) is 2.72. The Morgan fingerprint density at radius 3 is 2.31 bits per heavy atom. The number of benzene rings is 3. The van der Waals surface area contributed by atoms with Crippen LogP contribution in [0.15, 0.2) is 72.8 Å². The maximum atomic E-state index is 12.1. The van der Waals surface area contributed by atoms with Crippen LogP contribution in [0.1, 0.15) is 42.3 Å². The first-order valence-electron chi connectivity index (χ1n) is 9.64. The Balaban J connectivity index is 1.95. The van der Waals surface area contributed by atoms with Gasteiger partial charge in [0.15, 0.2) is 17.3 Å². The fraction of sp³-hybridized carbons (Fsp3) is 0.240. The van der Waals surface area contributed by atoms with E-state index in [-0.39, 0.29) is 10.9 Å². The molecule has 3 aromatic rings. The third-order valence-electron chi connectivity index (χ3n) is 4.85. The zero-order valence-electron chi connectivity index (χ0n) is 17.4. The van der Waals surface area contributed by atoms with Gasteiger partial charge in [0.05, 0.1) is 7.11 Å². The molecule has 0 aliphatic heterocycles. The van der Waals surface area contributed by atoms with Crippen LogP contribution < -0.4 is 14.8 Å². The summed E-state index contributed by atoms with van der Waals surface area (Å²) in [6, 6.07) is 24.0. The molecule has 0 amide bonds. The van der Waals surface area contributed by atoms with Crippen molar-refractivity contribution in [2.24, 2.45) is 0 Å². The highest BCUT2D eigenvalue weighted by atomic mass is 31.1. The lowest BCUT2D eigenvalue weighted by Gasteiger charge is -2.29. The third kappa shape index (κ3) is 5.05. The summed E-state index contributed by atoms with van der Waals surface area (Å²) < 4.78 is 11.9. The normalized spacial score (nSPS) is 11.6. The molecule has 1 unspecified atom stereocenters. The molecule has 3 aromatic carbocycles. The van der Waals surface area contributed by atoms with Crippen LogP contribution in [0, 0.1) is 0 Å². The Morgan fingerprint density at radius 1 is 0.931 bits per heavy atom. The Labute approximate surface area is 174 Å². The number of ether oxygens (including phenoxy) is 2. The van der Waals surface area contributed by atoms with Crippen molar-refractivity contribution in [3.05, 3.63) is 89.5 Å². The van der Waals surface area contributed by atoms with E-state index in [2.05, 4.69) is 19.9 Å². The summed E-state index contributed by atoms with van der Waals surface area (Å²) in [5, 5.41) is 0.841. The number of carbonyl (C=O) groups excluding carboxylic acids is 1. The molecule has 0 N–H and O–H groups in total. The number of hydrogen-bond acceptors (Lipinski definition) is 3. The second-order valence-electron chi connectivity index (χ2n) is 7.46. The number of para-hydroxylation sites is 1. The zero-order chi connectivity index (χ0) is 20.9. The number of carbonyl (C=O) groups is 1. The van der Waals surface area contributed by atoms with Crippen molar-refractivity contribution in [3.8, 4) is 11.5 Å². The second kappa shape index (κ2) is 9.24. The van der Waals surface area contributed by atoms with Crippen LogP contribution in [0.3, 0.4) is 0 Å². The molecule has 0 radical (unpaired) electrons. The van der Waals surface area contributed by atoms with Crippen LogP contribution >= 0.6 is 8.58 Å². The van der Waals surface area contributed by atoms with Gasteiger partial charge in [0.25, 0.3) is 0 Å². The van der Waals surface area contributed by atoms with Crippen LogP contribution in [0.25, 0.3) is 0 Å². The predicted molar refractivity (Wildman–Crippen MR) is 121 cm³/mol. The van der Waals surface area contributed by atoms with Crippen LogP contribution in [0.4, 0.5) is 0 Å². The molecule has 0 saturated carbocycles. The summed E-state index contributed by atoms with van der Waals surface area (Å²) in [5.74, 6) is 1.57. The molecule has 1 atom stereocenters. The molecule has 4 heteroatoms. The van der Waals surface area contributed by atoms with Gasteiger partial charge in [-0.2, -0.15) is 0 Å². The van der Waals surface area contributed by atoms with E-state index in [1.165, 1.54) is 0 Å². The van der Waals surface area contributed by atoms with Gasteiger partial charge < -0.3 is 9.47 Å². The standard InChI is InChI=1S/C25H27O3P/c1-18(26)20-13-8-9-16-23(20)29-25(2,3)21-14-10-15-22(27-4)24(21)28-17-19-11-6-5-7-12-19/h5-16,29H,17H2,1-4H3. The lowest BCUT2D eigenvalue weighted by Crippen LogP contribution is -2.19. The molecule has 0 bridgehead atoms. The van der Waals surface area contributed by atoms with Gasteiger partial charge in [-0.05, 0) is 23.9 Å². The fourth-order valence-electron chi connectivity index (χ4n) is 3.35. The molecule has 0 fully saturated rings. The van der Waals surface area contributed by atoms with E-state index < -0.39 is 0 Å². The van der Waals surface area contributed by atoms with E-state index in [0.29, 0.717) is 15.2 Å². The summed E-state index contributed by atoms with van der Waals surface area (Å²) in [7, 11) is 2.07. The average molecular weight is 406 g/mol. The van der Waals surface area contributed by atoms with E-state index in [1.54, 1.807) is 14.0 Å². The van der Waals surface area contributed by atoms with Crippen molar-refractivity contribution in [3.63, 3.8) is 0 Å². The van der Waals surface area contributed by atoms with E-state index in [0.717, 1.165) is 33.5 Å². The quantitative estimate of drug-likeness (QED) is 0.355. The van der Waals surface area contributed by atoms with Gasteiger partial charge in [-0.15, -0.1) is 0 Å². The van der Waals surface area contributed by atoms with Gasteiger partial charge in [-0.1, -0.05) is 89.2 Å². The van der Waals surface area contributed by atoms with Crippen molar-refractivity contribution in [1.82, 2.24) is 0 Å². The highest BCUT2D eigenvalue weighted by molar-refractivity contribution is 7.48. The monoisotopic (exact) mass is 406 g/mol. The maximum Gasteiger partial charge on any atom is 0.165 e. The number of ketones is 1. The predicted octanol–water partition coefficient (Wildman–Crippen LogP) is 5.72. The lowest BCUT2D eigenvalue weighted by molar-refractivity contribution is 0.101. The van der Waals surface area contributed by atoms with Crippen LogP contribution in [0.2, 0.25) is 0 Å². The van der Waals surface area contributed by atoms with Crippen molar-refractivity contribution in [2.75, 3.05) is 7.11 Å². The third-order valence-corrected chi connectivity index (χ3v) is 6.45. The van der Waals surface area contributed by atoms with Gasteiger partial charge in [0, 0.05) is 16.3 Å². The van der Waals surface area contributed by atoms with Gasteiger partial charge in [-0.3, -0.25) is 4.79 Å². The molecular formula is C25H27O3P. The fourth-order valence-corrected chi connectivity index (χ4v) is 4.93. The smallest absolute Gasteiger partial charge is 0.165 e. The minimum absolute atomic E-state index is 0.0927. The van der Waals surface area contributed by atoms with Crippen molar-refractivity contribution >= 4 is 19.7 Å². The lowest BCUT2D eigenvalue weighted by atomic mass is 10.0. The SMILES string of the molecule is COc1cccc(C(C)(C)Pc2ccccc2C(C)=O)c1OCc1ccccc1. The van der Waals surface area contributed by atoms with Crippen molar-refractivity contribution < 1.29 is 14.3 Å². The van der Waals surface area contributed by atoms with Crippen LogP contribution in [-0.2, 0) is 11.8 Å². The van der Waals surface area contributed by atoms with Crippen molar-refractivity contribution in [1.29, 1.82) is 0 Å². The first-order chi connectivity index (χ1) is 13.9. The molecular weight excluding hydrogens is 379 g/mol. The number of hydrogen-bond donors (Lipinski definition) is 0. The van der Waals surface area contributed by atoms with Crippen molar-refractivity contribution in [2.45, 2.75) is 32.5 Å². The molecule has 3 nitrogen and oxygen atoms in total. The van der Waals surface area contributed by atoms with Gasteiger partial charge >= 0.3 is 0 Å². The molecule has 0 aliphatic carbocycles. The molecule has 150 valence electrons. The number of methoxy groups -OCH3 is 1. The summed E-state index contributed by atoms with van der Waals surface area (Å²) in [4.78, 5) is 12.1. The molecule has 3 rings (SSSR count). The second-order valence-corrected chi connectivity index (χ2v) is 9.50. The van der Waals surface area contributed by atoms with Crippen LogP contribution in [-0.4, -0.2) is 12.9 Å².